The monoisotopic (exact) mass is 240 g/mol. The zero-order chi connectivity index (χ0) is 13.1. The van der Waals surface area contributed by atoms with Crippen LogP contribution >= 0.6 is 0 Å². The van der Waals surface area contributed by atoms with Gasteiger partial charge >= 0.3 is 6.18 Å². The maximum absolute atomic E-state index is 12.8. The summed E-state index contributed by atoms with van der Waals surface area (Å²) in [5.41, 5.74) is -0.0734. The molecule has 17 heavy (non-hydrogen) atoms. The normalized spacial score (nSPS) is 11.8. The van der Waals surface area contributed by atoms with Crippen molar-refractivity contribution >= 4 is 11.9 Å². The molecule has 1 aromatic carbocycles. The van der Waals surface area contributed by atoms with Crippen molar-refractivity contribution in [1.29, 1.82) is 5.26 Å². The minimum atomic E-state index is -4.46. The summed E-state index contributed by atoms with van der Waals surface area (Å²) in [6.45, 7) is 3.18. The molecule has 0 aliphatic carbocycles. The van der Waals surface area contributed by atoms with Crippen molar-refractivity contribution in [2.45, 2.75) is 26.4 Å². The summed E-state index contributed by atoms with van der Waals surface area (Å²) in [6, 6.07) is 4.27. The number of rotatable bonds is 2. The van der Waals surface area contributed by atoms with Crippen molar-refractivity contribution in [2.75, 3.05) is 0 Å². The predicted molar refractivity (Wildman–Crippen MR) is 59.3 cm³/mol. The molecular formula is C12H11F3N2. The molecule has 0 amide bonds. The van der Waals surface area contributed by atoms with Gasteiger partial charge in [0.2, 0.25) is 0 Å². The van der Waals surface area contributed by atoms with Gasteiger partial charge in [0.25, 0.3) is 0 Å². The average Bonchev–Trinajstić information content (AvgIpc) is 2.20. The SMILES string of the molecule is CC=Nc1cc(C)c(CC#N)c(C(F)(F)F)c1. The van der Waals surface area contributed by atoms with Crippen LogP contribution in [0.25, 0.3) is 0 Å². The number of alkyl halides is 3. The van der Waals surface area contributed by atoms with E-state index in [-0.39, 0.29) is 17.7 Å². The van der Waals surface area contributed by atoms with Crippen LogP contribution in [-0.4, -0.2) is 6.21 Å². The highest BCUT2D eigenvalue weighted by Crippen LogP contribution is 2.36. The number of aryl methyl sites for hydroxylation is 1. The molecule has 0 aromatic heterocycles. The minimum Gasteiger partial charge on any atom is -0.262 e. The third-order valence-corrected chi connectivity index (χ3v) is 2.30. The van der Waals surface area contributed by atoms with Gasteiger partial charge in [-0.15, -0.1) is 0 Å². The van der Waals surface area contributed by atoms with Gasteiger partial charge in [0.05, 0.1) is 23.7 Å². The van der Waals surface area contributed by atoms with Gasteiger partial charge in [0, 0.05) is 6.21 Å². The second kappa shape index (κ2) is 5.00. The van der Waals surface area contributed by atoms with Crippen molar-refractivity contribution in [2.24, 2.45) is 4.99 Å². The van der Waals surface area contributed by atoms with E-state index in [1.54, 1.807) is 26.0 Å². The first-order valence-electron chi connectivity index (χ1n) is 4.96. The molecule has 0 aliphatic rings. The van der Waals surface area contributed by atoms with E-state index in [1.807, 2.05) is 0 Å². The number of nitrogens with zero attached hydrogens (tertiary/aromatic N) is 2. The van der Waals surface area contributed by atoms with Crippen molar-refractivity contribution < 1.29 is 13.2 Å². The highest BCUT2D eigenvalue weighted by atomic mass is 19.4. The standard InChI is InChI=1S/C12H11F3N2/c1-3-17-9-6-8(2)10(4-5-16)11(7-9)12(13,14)15/h3,6-7H,4H2,1-2H3. The van der Waals surface area contributed by atoms with Gasteiger partial charge in [0.1, 0.15) is 0 Å². The van der Waals surface area contributed by atoms with Crippen LogP contribution < -0.4 is 0 Å². The van der Waals surface area contributed by atoms with Crippen LogP contribution in [0, 0.1) is 18.3 Å². The molecule has 0 saturated carbocycles. The van der Waals surface area contributed by atoms with Crippen LogP contribution in [0.1, 0.15) is 23.6 Å². The van der Waals surface area contributed by atoms with Gasteiger partial charge in [-0.1, -0.05) is 0 Å². The second-order valence-electron chi connectivity index (χ2n) is 3.51. The molecule has 1 aromatic rings. The average molecular weight is 240 g/mol. The first-order chi connectivity index (χ1) is 7.90. The summed E-state index contributed by atoms with van der Waals surface area (Å²) in [4.78, 5) is 3.83. The Morgan fingerprint density at radius 2 is 2.06 bits per heavy atom. The van der Waals surface area contributed by atoms with Crippen molar-refractivity contribution in [3.8, 4) is 6.07 Å². The lowest BCUT2D eigenvalue weighted by Crippen LogP contribution is -2.10. The first kappa shape index (κ1) is 13.2. The number of halogens is 3. The topological polar surface area (TPSA) is 36.1 Å². The van der Waals surface area contributed by atoms with E-state index in [2.05, 4.69) is 4.99 Å². The molecule has 0 spiro atoms. The van der Waals surface area contributed by atoms with Crippen molar-refractivity contribution in [3.63, 3.8) is 0 Å². The number of nitriles is 1. The van der Waals surface area contributed by atoms with E-state index in [1.165, 1.54) is 6.21 Å². The molecule has 1 rings (SSSR count). The van der Waals surface area contributed by atoms with Crippen LogP contribution in [0.3, 0.4) is 0 Å². The van der Waals surface area contributed by atoms with Crippen LogP contribution in [0.4, 0.5) is 18.9 Å². The molecule has 0 N–H and O–H groups in total. The summed E-state index contributed by atoms with van der Waals surface area (Å²) in [7, 11) is 0. The smallest absolute Gasteiger partial charge is 0.262 e. The Bertz CT molecular complexity index is 482. The summed E-state index contributed by atoms with van der Waals surface area (Å²) < 4.78 is 38.4. The Labute approximate surface area is 97.4 Å². The summed E-state index contributed by atoms with van der Waals surface area (Å²) >= 11 is 0. The molecule has 0 radical (unpaired) electrons. The van der Waals surface area contributed by atoms with Gasteiger partial charge in [-0.2, -0.15) is 18.4 Å². The molecule has 2 nitrogen and oxygen atoms in total. The molecular weight excluding hydrogens is 229 g/mol. The van der Waals surface area contributed by atoms with E-state index < -0.39 is 11.7 Å². The number of hydrogen-bond donors (Lipinski definition) is 0. The number of aliphatic imine (C=N–C) groups is 1. The van der Waals surface area contributed by atoms with Crippen LogP contribution in [-0.2, 0) is 12.6 Å². The molecule has 0 saturated heterocycles. The van der Waals surface area contributed by atoms with Crippen LogP contribution in [0.15, 0.2) is 17.1 Å². The highest BCUT2D eigenvalue weighted by Gasteiger charge is 2.34. The predicted octanol–water partition coefficient (Wildman–Crippen LogP) is 3.80. The van der Waals surface area contributed by atoms with E-state index in [9.17, 15) is 13.2 Å². The largest absolute Gasteiger partial charge is 0.416 e. The Morgan fingerprint density at radius 1 is 1.41 bits per heavy atom. The second-order valence-corrected chi connectivity index (χ2v) is 3.51. The quantitative estimate of drug-likeness (QED) is 0.724. The molecule has 90 valence electrons. The fourth-order valence-electron chi connectivity index (χ4n) is 1.59. The molecule has 5 heteroatoms. The molecule has 0 unspecified atom stereocenters. The van der Waals surface area contributed by atoms with Crippen LogP contribution in [0.2, 0.25) is 0 Å². The van der Waals surface area contributed by atoms with E-state index in [0.717, 1.165) is 6.07 Å². The lowest BCUT2D eigenvalue weighted by molar-refractivity contribution is -0.138. The summed E-state index contributed by atoms with van der Waals surface area (Å²) in [5, 5.41) is 8.56. The Balaban J connectivity index is 3.46. The van der Waals surface area contributed by atoms with Gasteiger partial charge in [-0.05, 0) is 37.1 Å². The summed E-state index contributed by atoms with van der Waals surface area (Å²) in [5.74, 6) is 0. The van der Waals surface area contributed by atoms with E-state index in [0.29, 0.717) is 5.56 Å². The lowest BCUT2D eigenvalue weighted by atomic mass is 9.98. The van der Waals surface area contributed by atoms with Gasteiger partial charge < -0.3 is 0 Å². The molecule has 0 aliphatic heterocycles. The van der Waals surface area contributed by atoms with Gasteiger partial charge in [-0.25, -0.2) is 0 Å². The molecule has 0 heterocycles. The zero-order valence-corrected chi connectivity index (χ0v) is 9.47. The van der Waals surface area contributed by atoms with E-state index in [4.69, 9.17) is 5.26 Å². The third kappa shape index (κ3) is 3.06. The minimum absolute atomic E-state index is 0.0232. The van der Waals surface area contributed by atoms with Gasteiger partial charge in [-0.3, -0.25) is 4.99 Å². The molecule has 0 atom stereocenters. The number of hydrogen-bond acceptors (Lipinski definition) is 2. The first-order valence-corrected chi connectivity index (χ1v) is 4.96. The third-order valence-electron chi connectivity index (χ3n) is 2.30. The Kier molecular flexibility index (Phi) is 3.89. The molecule has 0 bridgehead atoms. The fourth-order valence-corrected chi connectivity index (χ4v) is 1.59. The maximum atomic E-state index is 12.8. The van der Waals surface area contributed by atoms with Crippen LogP contribution in [0.5, 0.6) is 0 Å². The molecule has 0 fully saturated rings. The zero-order valence-electron chi connectivity index (χ0n) is 9.47. The fraction of sp³-hybridized carbons (Fsp3) is 0.333. The number of benzene rings is 1. The lowest BCUT2D eigenvalue weighted by Gasteiger charge is -2.14. The maximum Gasteiger partial charge on any atom is 0.416 e. The summed E-state index contributed by atoms with van der Waals surface area (Å²) in [6.07, 6.45) is -3.29. The highest BCUT2D eigenvalue weighted by molar-refractivity contribution is 5.62. The Hall–Kier alpha value is -1.83. The van der Waals surface area contributed by atoms with Crippen molar-refractivity contribution in [3.05, 3.63) is 28.8 Å². The van der Waals surface area contributed by atoms with Crippen molar-refractivity contribution in [1.82, 2.24) is 0 Å². The van der Waals surface area contributed by atoms with Gasteiger partial charge in [0.15, 0.2) is 0 Å². The Morgan fingerprint density at radius 3 is 2.53 bits per heavy atom. The van der Waals surface area contributed by atoms with E-state index >= 15 is 0 Å².